The quantitative estimate of drug-likeness (QED) is 0.0411. The Kier molecular flexibility index (Phi) is 14.6. The van der Waals surface area contributed by atoms with Crippen LogP contribution in [0.1, 0.15) is 93.6 Å². The van der Waals surface area contributed by atoms with Crippen LogP contribution in [0.3, 0.4) is 0 Å². The predicted molar refractivity (Wildman–Crippen MR) is 278 cm³/mol. The number of rotatable bonds is 16. The number of hydrogen-bond acceptors (Lipinski definition) is 8. The zero-order chi connectivity index (χ0) is 50.2. The molecule has 1 saturated carbocycles. The molecule has 14 heteroatoms. The van der Waals surface area contributed by atoms with Gasteiger partial charge in [0, 0.05) is 49.2 Å². The fourth-order valence-electron chi connectivity index (χ4n) is 10.9. The van der Waals surface area contributed by atoms with Crippen molar-refractivity contribution in [2.45, 2.75) is 116 Å². The first-order valence-electron chi connectivity index (χ1n) is 24.5. The molecule has 2 fully saturated rings. The molecule has 0 bridgehead atoms. The Morgan fingerprint density at radius 2 is 1.44 bits per heavy atom. The molecule has 0 amide bonds. The second-order valence-electron chi connectivity index (χ2n) is 21.3. The number of benzene rings is 4. The average Bonchev–Trinajstić information content (AvgIpc) is 4.10. The predicted octanol–water partition coefficient (Wildman–Crippen LogP) is 12.6. The summed E-state index contributed by atoms with van der Waals surface area (Å²) in [6.07, 6.45) is 2.98. The Morgan fingerprint density at radius 3 is 2.01 bits per heavy atom. The van der Waals surface area contributed by atoms with Crippen molar-refractivity contribution in [1.82, 2.24) is 15.0 Å². The number of aromatic nitrogens is 3. The van der Waals surface area contributed by atoms with Crippen molar-refractivity contribution < 1.29 is 36.2 Å². The summed E-state index contributed by atoms with van der Waals surface area (Å²) < 4.78 is 89.6. The van der Waals surface area contributed by atoms with Crippen molar-refractivity contribution >= 4 is 54.3 Å². The summed E-state index contributed by atoms with van der Waals surface area (Å²) in [5, 5.41) is 3.14. The van der Waals surface area contributed by atoms with Crippen LogP contribution in [0.5, 0.6) is 11.8 Å². The van der Waals surface area contributed by atoms with Gasteiger partial charge in [0.1, 0.15) is 36.7 Å². The van der Waals surface area contributed by atoms with E-state index in [0.717, 1.165) is 23.2 Å². The van der Waals surface area contributed by atoms with Crippen LogP contribution in [-0.4, -0.2) is 77.5 Å². The van der Waals surface area contributed by atoms with Crippen molar-refractivity contribution in [3.05, 3.63) is 108 Å². The molecule has 2 aliphatic rings. The largest absolute Gasteiger partial charge is 0.468 e. The van der Waals surface area contributed by atoms with Gasteiger partial charge < -0.3 is 23.5 Å². The topological polar surface area (TPSA) is 78.8 Å². The molecule has 1 saturated heterocycles. The van der Waals surface area contributed by atoms with E-state index in [9.17, 15) is 0 Å². The van der Waals surface area contributed by atoms with Crippen molar-refractivity contribution in [1.29, 1.82) is 0 Å². The summed E-state index contributed by atoms with van der Waals surface area (Å²) in [6.45, 7) is 19.9. The highest BCUT2D eigenvalue weighted by Crippen LogP contribution is 2.49. The van der Waals surface area contributed by atoms with Gasteiger partial charge in [-0.3, -0.25) is 4.98 Å². The van der Waals surface area contributed by atoms with Gasteiger partial charge in [0.05, 0.1) is 24.1 Å². The van der Waals surface area contributed by atoms with Gasteiger partial charge in [-0.15, -0.1) is 5.54 Å². The molecule has 0 atom stereocenters. The van der Waals surface area contributed by atoms with E-state index in [1.807, 2.05) is 12.1 Å². The maximum Gasteiger partial charge on any atom is 0.319 e. The van der Waals surface area contributed by atoms with Crippen LogP contribution in [0.2, 0.25) is 21.7 Å². The number of piperidine rings is 1. The van der Waals surface area contributed by atoms with E-state index in [-0.39, 0.29) is 94.0 Å². The standard InChI is InChI=1S/C56H66F4N4O4Si2/c1-37(2)69(38(3)4,39(5)6)29-24-44-47(57)23-22-40-30-41(67-36-65-10)31-45(48(40)44)50-49(58)51-46(32-61-50)52(64-28-17-25-56(59,60)33-64)63-53(62-51)66-34-55(26-27-55)35-68-70(54(7,8)9,42-18-13-11-14-19-42)43-20-15-12-16-21-43/h11-16,18-23,30-32,37-39H,17,25-28,33-36H2,1-10H3. The fourth-order valence-corrected chi connectivity index (χ4v) is 20.8. The fraction of sp³-hybridized carbons (Fsp3) is 0.446. The van der Waals surface area contributed by atoms with E-state index < -0.39 is 45.9 Å². The molecule has 2 aromatic heterocycles. The van der Waals surface area contributed by atoms with Gasteiger partial charge in [0.15, 0.2) is 12.6 Å². The molecular weight excluding hydrogens is 925 g/mol. The highest BCUT2D eigenvalue weighted by Gasteiger charge is 2.54. The Balaban J connectivity index is 1.24. The third-order valence-electron chi connectivity index (χ3n) is 14.7. The summed E-state index contributed by atoms with van der Waals surface area (Å²) in [5.74, 6) is -0.650. The molecule has 370 valence electrons. The number of hydrogen-bond donors (Lipinski definition) is 0. The summed E-state index contributed by atoms with van der Waals surface area (Å²) >= 11 is 0. The smallest absolute Gasteiger partial charge is 0.319 e. The zero-order valence-corrected chi connectivity index (χ0v) is 44.2. The van der Waals surface area contributed by atoms with Gasteiger partial charge in [-0.1, -0.05) is 135 Å². The Hall–Kier alpha value is -5.34. The van der Waals surface area contributed by atoms with Crippen LogP contribution in [0.4, 0.5) is 23.4 Å². The number of pyridine rings is 1. The first-order chi connectivity index (χ1) is 33.3. The molecule has 6 aromatic rings. The second kappa shape index (κ2) is 20.0. The second-order valence-corrected chi connectivity index (χ2v) is 31.2. The molecule has 4 aromatic carbocycles. The normalized spacial score (nSPS) is 16.0. The van der Waals surface area contributed by atoms with Crippen LogP contribution in [0.15, 0.2) is 91.1 Å². The summed E-state index contributed by atoms with van der Waals surface area (Å²) in [4.78, 5) is 15.6. The monoisotopic (exact) mass is 990 g/mol. The molecule has 0 N–H and O–H groups in total. The lowest BCUT2D eigenvalue weighted by atomic mass is 9.95. The molecular formula is C56H66F4N4O4Si2. The van der Waals surface area contributed by atoms with Gasteiger partial charge in [0.25, 0.3) is 14.2 Å². The van der Waals surface area contributed by atoms with Gasteiger partial charge in [-0.25, -0.2) is 17.6 Å². The SMILES string of the molecule is COCOc1cc(-c2ncc3c(N4CCCC(F)(F)C4)nc(OCC4(CO[Si](c5ccccc5)(c5ccccc5)C(C)(C)C)CC4)nc3c2F)c2c(C#C[Si](C(C)C)(C(C)C)C(C)C)c(F)ccc2c1. The van der Waals surface area contributed by atoms with Crippen molar-refractivity contribution in [3.63, 3.8) is 0 Å². The van der Waals surface area contributed by atoms with Gasteiger partial charge in [-0.05, 0) is 74.9 Å². The molecule has 0 spiro atoms. The minimum absolute atomic E-state index is 0.0973. The highest BCUT2D eigenvalue weighted by molar-refractivity contribution is 6.99. The van der Waals surface area contributed by atoms with Crippen molar-refractivity contribution in [2.24, 2.45) is 5.41 Å². The maximum absolute atomic E-state index is 17.9. The lowest BCUT2D eigenvalue weighted by molar-refractivity contribution is -0.0118. The number of anilines is 1. The van der Waals surface area contributed by atoms with Crippen LogP contribution in [-0.2, 0) is 9.16 Å². The van der Waals surface area contributed by atoms with Gasteiger partial charge in [0.2, 0.25) is 0 Å². The molecule has 70 heavy (non-hydrogen) atoms. The highest BCUT2D eigenvalue weighted by atomic mass is 28.4. The van der Waals surface area contributed by atoms with E-state index in [2.05, 4.69) is 127 Å². The van der Waals surface area contributed by atoms with E-state index in [4.69, 9.17) is 28.6 Å². The van der Waals surface area contributed by atoms with Crippen LogP contribution in [0.25, 0.3) is 32.9 Å². The molecule has 0 radical (unpaired) electrons. The Morgan fingerprint density at radius 1 is 0.800 bits per heavy atom. The number of alkyl halides is 2. The van der Waals surface area contributed by atoms with E-state index in [1.165, 1.54) is 24.3 Å². The molecule has 3 heterocycles. The maximum atomic E-state index is 17.9. The summed E-state index contributed by atoms with van der Waals surface area (Å²) in [5.41, 5.74) is 4.14. The summed E-state index contributed by atoms with van der Waals surface area (Å²) in [6, 6.07) is 27.0. The zero-order valence-electron chi connectivity index (χ0n) is 42.2. The molecule has 8 nitrogen and oxygen atoms in total. The van der Waals surface area contributed by atoms with Gasteiger partial charge in [-0.2, -0.15) is 9.97 Å². The number of ether oxygens (including phenoxy) is 3. The first kappa shape index (κ1) is 51.0. The number of fused-ring (bicyclic) bond motifs is 2. The number of halogens is 4. The Labute approximate surface area is 412 Å². The van der Waals surface area contributed by atoms with Gasteiger partial charge >= 0.3 is 6.01 Å². The minimum atomic E-state index is -3.00. The molecule has 1 aliphatic carbocycles. The molecule has 1 aliphatic heterocycles. The van der Waals surface area contributed by atoms with Crippen molar-refractivity contribution in [2.75, 3.05) is 45.1 Å². The lowest BCUT2D eigenvalue weighted by Crippen LogP contribution is -2.67. The molecule has 0 unspecified atom stereocenters. The van der Waals surface area contributed by atoms with Crippen molar-refractivity contribution in [3.8, 4) is 34.5 Å². The van der Waals surface area contributed by atoms with E-state index in [0.29, 0.717) is 23.1 Å². The lowest BCUT2D eigenvalue weighted by Gasteiger charge is -2.43. The van der Waals surface area contributed by atoms with Crippen LogP contribution < -0.4 is 24.7 Å². The van der Waals surface area contributed by atoms with E-state index >= 15 is 17.6 Å². The summed E-state index contributed by atoms with van der Waals surface area (Å²) in [7, 11) is -3.76. The molecule has 8 rings (SSSR count). The third-order valence-corrected chi connectivity index (χ3v) is 26.0. The Bertz CT molecular complexity index is 2840. The van der Waals surface area contributed by atoms with Crippen LogP contribution in [0, 0.1) is 28.5 Å². The number of nitrogens with zero attached hydrogens (tertiary/aromatic N) is 4. The number of methoxy groups -OCH3 is 1. The minimum Gasteiger partial charge on any atom is -0.468 e. The average molecular weight is 991 g/mol. The first-order valence-corrected chi connectivity index (χ1v) is 28.7. The van der Waals surface area contributed by atoms with Crippen LogP contribution >= 0.6 is 0 Å². The third kappa shape index (κ3) is 9.83. The van der Waals surface area contributed by atoms with E-state index in [1.54, 1.807) is 18.2 Å².